The fourth-order valence-corrected chi connectivity index (χ4v) is 15.0. The maximum Gasteiger partial charge on any atom is 0.126 e. The lowest BCUT2D eigenvalue weighted by molar-refractivity contribution is -0.0580. The number of nitrogens with zero attached hydrogens (tertiary/aromatic N) is 4. The summed E-state index contributed by atoms with van der Waals surface area (Å²) >= 11 is 0. The highest BCUT2D eigenvalue weighted by Gasteiger charge is 2.49. The third-order valence-corrected chi connectivity index (χ3v) is 19.4. The van der Waals surface area contributed by atoms with Gasteiger partial charge in [-0.1, -0.05) is 68.2 Å². The normalized spacial score (nSPS) is 44.4. The largest absolute Gasteiger partial charge is 0.300 e. The summed E-state index contributed by atoms with van der Waals surface area (Å²) in [5.74, 6) is 11.8. The minimum absolute atomic E-state index is 0.138. The SMILES string of the molecule is CC(C)[C@@H]1CN(C2CCCC2)CC[C@@H]1CC1CC(N2CC[C@@H](C3CC(N4CC[C@H](C)[C@H](C(C)CC5CC5CN5CCC[C@](F)(C(C)C)C5)C4)C3)[C@H](C(C)C)C2)C1. The molecule has 0 N–H and O–H groups in total. The van der Waals surface area contributed by atoms with E-state index in [1.165, 1.54) is 129 Å². The highest BCUT2D eigenvalue weighted by atomic mass is 19.1. The second kappa shape index (κ2) is 18.0. The summed E-state index contributed by atoms with van der Waals surface area (Å²) in [4.78, 5) is 11.4. The average molecular weight is 779 g/mol. The molecule has 4 saturated carbocycles. The first kappa shape index (κ1) is 42.5. The van der Waals surface area contributed by atoms with Crippen LogP contribution in [0.3, 0.4) is 0 Å². The number of halogens is 1. The summed E-state index contributed by atoms with van der Waals surface area (Å²) in [6.07, 6.45) is 22.3. The van der Waals surface area contributed by atoms with Gasteiger partial charge in [0.25, 0.3) is 0 Å². The second-order valence-electron chi connectivity index (χ2n) is 23.8. The molecule has 0 radical (unpaired) electrons. The minimum Gasteiger partial charge on any atom is -0.300 e. The van der Waals surface area contributed by atoms with Gasteiger partial charge in [-0.05, 0) is 199 Å². The van der Waals surface area contributed by atoms with Crippen LogP contribution in [0, 0.1) is 82.9 Å². The third-order valence-electron chi connectivity index (χ3n) is 19.4. The average Bonchev–Trinajstić information content (AvgIpc) is 3.59. The first-order valence-electron chi connectivity index (χ1n) is 25.5. The van der Waals surface area contributed by atoms with Gasteiger partial charge in [-0.3, -0.25) is 4.90 Å². The van der Waals surface area contributed by atoms with E-state index in [2.05, 4.69) is 75.0 Å². The molecule has 4 saturated heterocycles. The summed E-state index contributed by atoms with van der Waals surface area (Å²) in [7, 11) is 0. The van der Waals surface area contributed by atoms with Crippen LogP contribution in [0.1, 0.15) is 158 Å². The Bertz CT molecular complexity index is 1240. The number of alkyl halides is 1. The number of rotatable bonds is 14. The van der Waals surface area contributed by atoms with Crippen molar-refractivity contribution < 1.29 is 4.39 Å². The van der Waals surface area contributed by atoms with Crippen molar-refractivity contribution in [3.05, 3.63) is 0 Å². The van der Waals surface area contributed by atoms with Gasteiger partial charge in [0.2, 0.25) is 0 Å². The molecule has 4 aliphatic heterocycles. The van der Waals surface area contributed by atoms with Crippen molar-refractivity contribution in [2.75, 3.05) is 58.9 Å². The summed E-state index contributed by atoms with van der Waals surface area (Å²) in [5.41, 5.74) is -0.964. The molecule has 0 aromatic carbocycles. The summed E-state index contributed by atoms with van der Waals surface area (Å²) in [5, 5.41) is 0. The van der Waals surface area contributed by atoms with Crippen molar-refractivity contribution in [3.63, 3.8) is 0 Å². The Morgan fingerprint density at radius 1 is 0.607 bits per heavy atom. The smallest absolute Gasteiger partial charge is 0.126 e. The first-order valence-corrected chi connectivity index (χ1v) is 25.5. The summed E-state index contributed by atoms with van der Waals surface area (Å²) < 4.78 is 15.5. The van der Waals surface area contributed by atoms with E-state index in [-0.39, 0.29) is 5.92 Å². The van der Waals surface area contributed by atoms with Gasteiger partial charge >= 0.3 is 0 Å². The fourth-order valence-electron chi connectivity index (χ4n) is 15.0. The van der Waals surface area contributed by atoms with Crippen molar-refractivity contribution in [1.29, 1.82) is 0 Å². The van der Waals surface area contributed by atoms with Gasteiger partial charge in [0.1, 0.15) is 5.67 Å². The quantitative estimate of drug-likeness (QED) is 0.174. The van der Waals surface area contributed by atoms with Crippen LogP contribution in [0.2, 0.25) is 0 Å². The molecule has 3 unspecified atom stereocenters. The first-order chi connectivity index (χ1) is 26.8. The summed E-state index contributed by atoms with van der Waals surface area (Å²) in [6, 6.07) is 2.66. The van der Waals surface area contributed by atoms with Gasteiger partial charge in [0.05, 0.1) is 0 Å². The molecule has 0 aromatic heterocycles. The van der Waals surface area contributed by atoms with Crippen molar-refractivity contribution in [1.82, 2.24) is 19.6 Å². The lowest BCUT2D eigenvalue weighted by Crippen LogP contribution is -2.57. The van der Waals surface area contributed by atoms with E-state index in [1.54, 1.807) is 0 Å². The standard InChI is InChI=1S/C51H91FN4/c1-34(2)48-30-54(44-12-9-10-13-44)20-15-40(48)23-39-24-45(25-39)56-21-16-47(49(31-56)35(3)4)42-27-46(28-42)55-19-14-37(7)50(32-55)38(8)22-41-26-43(41)29-53-18-11-17-51(52,33-53)36(5)6/h34-50H,9-33H2,1-8H3/t37-,38?,39?,40+,41?,42?,43?,45?,46?,47-,48-,49-,50+,51+/m0/s1. The zero-order valence-corrected chi connectivity index (χ0v) is 38.2. The molecule has 322 valence electrons. The van der Waals surface area contributed by atoms with Gasteiger partial charge in [0.15, 0.2) is 0 Å². The van der Waals surface area contributed by atoms with Crippen LogP contribution in [0.15, 0.2) is 0 Å². The zero-order chi connectivity index (χ0) is 39.3. The lowest BCUT2D eigenvalue weighted by Gasteiger charge is -2.55. The lowest BCUT2D eigenvalue weighted by atomic mass is 9.62. The number of hydrogen-bond acceptors (Lipinski definition) is 4. The Hall–Kier alpha value is -0.230. The van der Waals surface area contributed by atoms with Crippen LogP contribution in [-0.4, -0.2) is 102 Å². The van der Waals surface area contributed by atoms with Crippen molar-refractivity contribution >= 4 is 0 Å². The Morgan fingerprint density at radius 2 is 1.23 bits per heavy atom. The van der Waals surface area contributed by atoms with Gasteiger partial charge < -0.3 is 14.7 Å². The predicted octanol–water partition coefficient (Wildman–Crippen LogP) is 11.1. The highest BCUT2D eigenvalue weighted by Crippen LogP contribution is 2.51. The fraction of sp³-hybridized carbons (Fsp3) is 1.00. The third kappa shape index (κ3) is 9.47. The monoisotopic (exact) mass is 779 g/mol. The Balaban J connectivity index is 0.756. The van der Waals surface area contributed by atoms with Crippen LogP contribution in [0.4, 0.5) is 4.39 Å². The molecule has 10 atom stereocenters. The van der Waals surface area contributed by atoms with Gasteiger partial charge in [-0.2, -0.15) is 0 Å². The van der Waals surface area contributed by atoms with E-state index in [0.29, 0.717) is 6.54 Å². The van der Waals surface area contributed by atoms with E-state index in [9.17, 15) is 0 Å². The van der Waals surface area contributed by atoms with Gasteiger partial charge in [-0.25, -0.2) is 4.39 Å². The molecule has 5 heteroatoms. The molecule has 4 aliphatic carbocycles. The van der Waals surface area contributed by atoms with Crippen LogP contribution in [-0.2, 0) is 0 Å². The molecule has 0 aromatic rings. The molecule has 8 fully saturated rings. The zero-order valence-electron chi connectivity index (χ0n) is 38.2. The molecule has 0 bridgehead atoms. The van der Waals surface area contributed by atoms with Crippen molar-refractivity contribution in [2.24, 2.45) is 82.9 Å². The predicted molar refractivity (Wildman–Crippen MR) is 234 cm³/mol. The maximum atomic E-state index is 15.5. The van der Waals surface area contributed by atoms with Crippen LogP contribution >= 0.6 is 0 Å². The minimum atomic E-state index is -0.964. The van der Waals surface area contributed by atoms with Crippen molar-refractivity contribution in [2.45, 2.75) is 182 Å². The van der Waals surface area contributed by atoms with Gasteiger partial charge in [0, 0.05) is 50.8 Å². The molecule has 8 rings (SSSR count). The van der Waals surface area contributed by atoms with Crippen LogP contribution in [0.5, 0.6) is 0 Å². The van der Waals surface area contributed by atoms with E-state index in [0.717, 1.165) is 121 Å². The Labute approximate surface area is 346 Å². The van der Waals surface area contributed by atoms with E-state index in [4.69, 9.17) is 0 Å². The van der Waals surface area contributed by atoms with E-state index in [1.807, 2.05) is 0 Å². The topological polar surface area (TPSA) is 13.0 Å². The number of hydrogen-bond donors (Lipinski definition) is 0. The van der Waals surface area contributed by atoms with Crippen molar-refractivity contribution in [3.8, 4) is 0 Å². The van der Waals surface area contributed by atoms with Crippen LogP contribution in [0.25, 0.3) is 0 Å². The van der Waals surface area contributed by atoms with Gasteiger partial charge in [-0.15, -0.1) is 0 Å². The molecule has 4 nitrogen and oxygen atoms in total. The molecular formula is C51H91FN4. The Morgan fingerprint density at radius 3 is 1.93 bits per heavy atom. The molecule has 4 heterocycles. The summed E-state index contributed by atoms with van der Waals surface area (Å²) in [6.45, 7) is 30.7. The number of likely N-dealkylation sites (tertiary alicyclic amines) is 4. The van der Waals surface area contributed by atoms with E-state index < -0.39 is 5.67 Å². The molecule has 0 spiro atoms. The van der Waals surface area contributed by atoms with E-state index >= 15 is 4.39 Å². The second-order valence-corrected chi connectivity index (χ2v) is 23.8. The molecule has 0 amide bonds. The molecule has 56 heavy (non-hydrogen) atoms. The highest BCUT2D eigenvalue weighted by molar-refractivity contribution is 5.01. The molecular weight excluding hydrogens is 688 g/mol. The number of piperidine rings is 4. The van der Waals surface area contributed by atoms with Crippen LogP contribution < -0.4 is 0 Å². The maximum absolute atomic E-state index is 15.5. The Kier molecular flexibility index (Phi) is 13.7. The molecule has 8 aliphatic rings.